The van der Waals surface area contributed by atoms with Crippen molar-refractivity contribution in [2.45, 2.75) is 18.8 Å². The molecule has 0 spiro atoms. The molecule has 33 heavy (non-hydrogen) atoms. The molecule has 1 atom stereocenters. The molecule has 0 aliphatic heterocycles. The second kappa shape index (κ2) is 11.2. The number of methoxy groups -OCH3 is 1. The third kappa shape index (κ3) is 6.26. The second-order valence-electron chi connectivity index (χ2n) is 7.10. The Bertz CT molecular complexity index is 1290. The number of nitrogens with zero attached hydrogens (tertiary/aromatic N) is 2. The number of carbonyl (C=O) groups is 1. The molecule has 9 nitrogen and oxygen atoms in total. The highest BCUT2D eigenvalue weighted by Crippen LogP contribution is 2.12. The molecule has 11 heteroatoms. The van der Waals surface area contributed by atoms with Gasteiger partial charge in [0.2, 0.25) is 0 Å². The first-order valence-corrected chi connectivity index (χ1v) is 11.5. The summed E-state index contributed by atoms with van der Waals surface area (Å²) in [5.74, 6) is -0.638. The first-order valence-electron chi connectivity index (χ1n) is 9.85. The summed E-state index contributed by atoms with van der Waals surface area (Å²) in [6.45, 7) is 0.471. The van der Waals surface area contributed by atoms with E-state index in [9.17, 15) is 18.6 Å². The van der Waals surface area contributed by atoms with E-state index in [2.05, 4.69) is 5.32 Å². The molecule has 2 aromatic carbocycles. The molecule has 0 radical (unpaired) electrons. The largest absolute Gasteiger partial charge is 0.383 e. The van der Waals surface area contributed by atoms with E-state index in [4.69, 9.17) is 20.9 Å². The van der Waals surface area contributed by atoms with E-state index in [1.807, 2.05) is 0 Å². The highest BCUT2D eigenvalue weighted by atomic mass is 35.5. The zero-order chi connectivity index (χ0) is 24.0. The van der Waals surface area contributed by atoms with E-state index >= 15 is 0 Å². The molecule has 0 saturated carbocycles. The molecular weight excluding hydrogens is 470 g/mol. The van der Waals surface area contributed by atoms with Gasteiger partial charge >= 0.3 is 5.69 Å². The van der Waals surface area contributed by atoms with E-state index < -0.39 is 28.2 Å². The number of halogens is 1. The van der Waals surface area contributed by atoms with Crippen LogP contribution < -0.4 is 16.6 Å². The van der Waals surface area contributed by atoms with E-state index in [0.717, 1.165) is 10.1 Å². The third-order valence-corrected chi connectivity index (χ3v) is 5.58. The van der Waals surface area contributed by atoms with Crippen molar-refractivity contribution < 1.29 is 18.3 Å². The SMILES string of the molecule is COCCn1cc(C(=O)NCc2ccc(CS(=O)O)cc2)c(=O)n(-c2cccc(Cl)c2)c1=O. The lowest BCUT2D eigenvalue weighted by Crippen LogP contribution is -2.43. The first-order chi connectivity index (χ1) is 15.8. The fourth-order valence-electron chi connectivity index (χ4n) is 3.12. The highest BCUT2D eigenvalue weighted by Gasteiger charge is 2.18. The van der Waals surface area contributed by atoms with Gasteiger partial charge in [-0.1, -0.05) is 41.9 Å². The fraction of sp³-hybridized carbons (Fsp3) is 0.227. The van der Waals surface area contributed by atoms with Crippen LogP contribution in [0.1, 0.15) is 21.5 Å². The zero-order valence-electron chi connectivity index (χ0n) is 17.7. The summed E-state index contributed by atoms with van der Waals surface area (Å²) in [7, 11) is 1.48. The summed E-state index contributed by atoms with van der Waals surface area (Å²) in [5.41, 5.74) is 0.0642. The fourth-order valence-corrected chi connectivity index (χ4v) is 3.79. The maximum Gasteiger partial charge on any atom is 0.335 e. The number of benzene rings is 2. The van der Waals surface area contributed by atoms with Crippen molar-refractivity contribution in [1.29, 1.82) is 0 Å². The van der Waals surface area contributed by atoms with Crippen LogP contribution in [0.3, 0.4) is 0 Å². The Morgan fingerprint density at radius 1 is 1.15 bits per heavy atom. The molecule has 3 rings (SSSR count). The van der Waals surface area contributed by atoms with Gasteiger partial charge in [0, 0.05) is 24.9 Å². The maximum absolute atomic E-state index is 13.1. The number of hydrogen-bond donors (Lipinski definition) is 2. The molecule has 1 unspecified atom stereocenters. The van der Waals surface area contributed by atoms with Gasteiger partial charge in [0.25, 0.3) is 11.5 Å². The number of ether oxygens (including phenoxy) is 1. The molecule has 1 amide bonds. The van der Waals surface area contributed by atoms with Gasteiger partial charge < -0.3 is 14.6 Å². The smallest absolute Gasteiger partial charge is 0.335 e. The number of hydrogen-bond acceptors (Lipinski definition) is 5. The molecule has 174 valence electrons. The van der Waals surface area contributed by atoms with E-state index in [1.54, 1.807) is 42.5 Å². The molecule has 0 aliphatic carbocycles. The lowest BCUT2D eigenvalue weighted by molar-refractivity contribution is 0.0947. The summed E-state index contributed by atoms with van der Waals surface area (Å²) in [5, 5.41) is 3.01. The van der Waals surface area contributed by atoms with Crippen LogP contribution >= 0.6 is 11.6 Å². The van der Waals surface area contributed by atoms with Crippen LogP contribution in [0.15, 0.2) is 64.3 Å². The lowest BCUT2D eigenvalue weighted by Gasteiger charge is -2.13. The average molecular weight is 492 g/mol. The van der Waals surface area contributed by atoms with Crippen molar-refractivity contribution in [2.75, 3.05) is 13.7 Å². The second-order valence-corrected chi connectivity index (χ2v) is 8.47. The Labute approximate surface area is 196 Å². The summed E-state index contributed by atoms with van der Waals surface area (Å²) >= 11 is 4.09. The molecule has 1 heterocycles. The zero-order valence-corrected chi connectivity index (χ0v) is 19.3. The number of amides is 1. The summed E-state index contributed by atoms with van der Waals surface area (Å²) in [4.78, 5) is 38.9. The quantitative estimate of drug-likeness (QED) is 0.441. The summed E-state index contributed by atoms with van der Waals surface area (Å²) in [6, 6.07) is 13.0. The molecule has 0 fully saturated rings. The Morgan fingerprint density at radius 3 is 2.48 bits per heavy atom. The Hall–Kier alpha value is -3.05. The Balaban J connectivity index is 1.91. The molecule has 3 aromatic rings. The summed E-state index contributed by atoms with van der Waals surface area (Å²) < 4.78 is 27.0. The van der Waals surface area contributed by atoms with Crippen LogP contribution in [-0.4, -0.2) is 37.5 Å². The van der Waals surface area contributed by atoms with Crippen molar-refractivity contribution >= 4 is 28.6 Å². The van der Waals surface area contributed by atoms with Crippen molar-refractivity contribution in [3.63, 3.8) is 0 Å². The van der Waals surface area contributed by atoms with Crippen molar-refractivity contribution in [1.82, 2.24) is 14.5 Å². The van der Waals surface area contributed by atoms with Gasteiger partial charge in [-0.2, -0.15) is 0 Å². The predicted octanol–water partition coefficient (Wildman–Crippen LogP) is 1.95. The third-order valence-electron chi connectivity index (χ3n) is 4.77. The molecule has 0 saturated heterocycles. The van der Waals surface area contributed by atoms with Gasteiger partial charge in [-0.25, -0.2) is 13.6 Å². The number of carbonyl (C=O) groups excluding carboxylic acids is 1. The van der Waals surface area contributed by atoms with Crippen LogP contribution in [0.5, 0.6) is 0 Å². The minimum absolute atomic E-state index is 0.0126. The molecule has 0 bridgehead atoms. The minimum Gasteiger partial charge on any atom is -0.383 e. The van der Waals surface area contributed by atoms with Gasteiger partial charge in [0.1, 0.15) is 5.56 Å². The van der Waals surface area contributed by atoms with Gasteiger partial charge in [0.05, 0.1) is 24.6 Å². The molecular formula is C22H22ClN3O6S. The average Bonchev–Trinajstić information content (AvgIpc) is 2.78. The monoisotopic (exact) mass is 491 g/mol. The van der Waals surface area contributed by atoms with Gasteiger partial charge in [-0.15, -0.1) is 0 Å². The van der Waals surface area contributed by atoms with Gasteiger partial charge in [-0.05, 0) is 29.3 Å². The van der Waals surface area contributed by atoms with Crippen LogP contribution in [-0.2, 0) is 34.7 Å². The number of aromatic nitrogens is 2. The Morgan fingerprint density at radius 2 is 1.85 bits per heavy atom. The molecule has 1 aromatic heterocycles. The highest BCUT2D eigenvalue weighted by molar-refractivity contribution is 7.78. The first kappa shape index (κ1) is 24.6. The van der Waals surface area contributed by atoms with Crippen LogP contribution in [0, 0.1) is 0 Å². The van der Waals surface area contributed by atoms with Crippen molar-refractivity contribution in [3.8, 4) is 5.69 Å². The standard InChI is InChI=1S/C22H22ClN3O6S/c1-32-10-9-25-13-19(21(28)26(22(25)29)18-4-2-3-17(23)11-18)20(27)24-12-15-5-7-16(8-6-15)14-33(30)31/h2-8,11,13H,9-10,12,14H2,1H3,(H,24,27)(H,30,31). The molecule has 2 N–H and O–H groups in total. The van der Waals surface area contributed by atoms with Crippen molar-refractivity contribution in [3.05, 3.63) is 97.3 Å². The molecule has 0 aliphatic rings. The number of nitrogens with one attached hydrogen (secondary N) is 1. The summed E-state index contributed by atoms with van der Waals surface area (Å²) in [6.07, 6.45) is 1.22. The minimum atomic E-state index is -1.94. The lowest BCUT2D eigenvalue weighted by atomic mass is 10.1. The van der Waals surface area contributed by atoms with Crippen LogP contribution in [0.25, 0.3) is 5.69 Å². The predicted molar refractivity (Wildman–Crippen MR) is 125 cm³/mol. The maximum atomic E-state index is 13.1. The van der Waals surface area contributed by atoms with E-state index in [1.165, 1.54) is 23.9 Å². The van der Waals surface area contributed by atoms with E-state index in [-0.39, 0.29) is 36.7 Å². The Kier molecular flexibility index (Phi) is 8.34. The van der Waals surface area contributed by atoms with Crippen LogP contribution in [0.4, 0.5) is 0 Å². The van der Waals surface area contributed by atoms with E-state index in [0.29, 0.717) is 10.6 Å². The van der Waals surface area contributed by atoms with Crippen LogP contribution in [0.2, 0.25) is 5.02 Å². The number of rotatable bonds is 9. The van der Waals surface area contributed by atoms with Gasteiger partial charge in [0.15, 0.2) is 11.1 Å². The normalized spacial score (nSPS) is 11.8. The van der Waals surface area contributed by atoms with Crippen molar-refractivity contribution in [2.24, 2.45) is 0 Å². The topological polar surface area (TPSA) is 120 Å². The van der Waals surface area contributed by atoms with Gasteiger partial charge in [-0.3, -0.25) is 14.2 Å².